The number of carbonyl (C=O) groups excluding carboxylic acids is 3. The number of rotatable bonds is 30. The second-order valence-corrected chi connectivity index (χ2v) is 35.0. The number of halogens is 5. The van der Waals surface area contributed by atoms with Crippen molar-refractivity contribution in [1.29, 1.82) is 0 Å². The molecular formula is C96H115Cl4IN12Na3O21S-. The average Bonchev–Trinajstić information content (AvgIpc) is 0.751. The number of nitrogens with one attached hydrogen (secondary N) is 1. The van der Waals surface area contributed by atoms with E-state index in [0.29, 0.717) is 174 Å². The van der Waals surface area contributed by atoms with Gasteiger partial charge in [0.25, 0.3) is 0 Å². The molecule has 16 rings (SSSR count). The molecular weight excluding hydrogens is 2030 g/mol. The fraction of sp³-hybridized carbons (Fsp3) is 0.458. The smallest absolute Gasteiger partial charge is 0.870 e. The van der Waals surface area contributed by atoms with Crippen molar-refractivity contribution < 1.29 is 172 Å². The van der Waals surface area contributed by atoms with Crippen molar-refractivity contribution in [3.63, 3.8) is 0 Å². The van der Waals surface area contributed by atoms with Gasteiger partial charge in [0, 0.05) is 106 Å². The molecule has 0 atom stereocenters. The first kappa shape index (κ1) is 120. The Morgan fingerprint density at radius 2 is 0.725 bits per heavy atom. The number of hydrogen-bond acceptors (Lipinski definition) is 29. The molecule has 4 aliphatic heterocycles. The Balaban J connectivity index is 0.000000277. The molecule has 4 fully saturated rings. The van der Waals surface area contributed by atoms with Crippen LogP contribution < -0.4 is 145 Å². The van der Waals surface area contributed by atoms with Crippen LogP contribution in [0.1, 0.15) is 92.9 Å². The van der Waals surface area contributed by atoms with E-state index in [-0.39, 0.29) is 172 Å². The molecule has 8 aromatic heterocycles. The van der Waals surface area contributed by atoms with E-state index in [1.807, 2.05) is 76.2 Å². The first-order valence-corrected chi connectivity index (χ1v) is 49.2. The molecule has 0 bridgehead atoms. The van der Waals surface area contributed by atoms with E-state index in [0.717, 1.165) is 153 Å². The Labute approximate surface area is 903 Å². The largest absolute Gasteiger partial charge is 1.00 e. The van der Waals surface area contributed by atoms with E-state index < -0.39 is 17.9 Å². The minimum Gasteiger partial charge on any atom is -0.870 e. The van der Waals surface area contributed by atoms with Gasteiger partial charge in [-0.05, 0) is 217 Å². The predicted octanol–water partition coefficient (Wildman–Crippen LogP) is 7.40. The Kier molecular flexibility index (Phi) is 50.4. The second kappa shape index (κ2) is 58.1. The van der Waals surface area contributed by atoms with E-state index in [1.165, 1.54) is 16.3 Å². The number of carboxylic acids is 1. The maximum atomic E-state index is 13.4. The number of benzene rings is 4. The third-order valence-corrected chi connectivity index (χ3v) is 25.7. The summed E-state index contributed by atoms with van der Waals surface area (Å²) in [4.78, 5) is 130. The molecule has 730 valence electrons. The minimum atomic E-state index is -1.05. The Bertz CT molecular complexity index is 6430. The summed E-state index contributed by atoms with van der Waals surface area (Å²) in [5.41, 5.74) is 2.70. The molecule has 5 N–H and O–H groups in total. The molecule has 0 spiro atoms. The maximum Gasteiger partial charge on any atom is 1.00 e. The molecule has 0 radical (unpaired) electrons. The summed E-state index contributed by atoms with van der Waals surface area (Å²) < 4.78 is 56.2. The molecule has 0 saturated carbocycles. The van der Waals surface area contributed by atoms with Crippen molar-refractivity contribution in [1.82, 2.24) is 38.2 Å². The summed E-state index contributed by atoms with van der Waals surface area (Å²) in [5, 5.41) is 18.0. The van der Waals surface area contributed by atoms with Gasteiger partial charge in [0.15, 0.2) is 39.0 Å². The Morgan fingerprint density at radius 1 is 0.428 bits per heavy atom. The van der Waals surface area contributed by atoms with E-state index in [1.54, 1.807) is 113 Å². The SMILES string of the molecule is CCOC(=O)Cn1c2nc(N(C)CC3CCOCC3)ccc2c(=O)c2ccc(Cl)c(OCC)c21.CCOC(=O)Cn1c2nc(NCC3CCOCC3)ccc2c(=O)c2ccc(Cl)c(SCC)c21.CCOc1c(Cl)ccc2c(=O)c3ccc(N(C)CC4CCOCC4)nc3n(CC(=O)O)c12.CCOc1c(Cl)ccc2c(=O)c3ccc(N(C)CC4CCOCC4)nc3n(C[C-]=O)c12.CI.[Na+].[Na+].[Na+].[OH-].[OH-].[OH-]. The van der Waals surface area contributed by atoms with Crippen LogP contribution in [-0.2, 0) is 73.8 Å². The predicted molar refractivity (Wildman–Crippen MR) is 539 cm³/mol. The van der Waals surface area contributed by atoms with Crippen molar-refractivity contribution in [2.24, 2.45) is 23.7 Å². The van der Waals surface area contributed by atoms with Crippen LogP contribution in [0.2, 0.25) is 20.1 Å². The number of hydrogen-bond donors (Lipinski definition) is 2. The minimum absolute atomic E-state index is 0. The van der Waals surface area contributed by atoms with Crippen LogP contribution in [-0.4, -0.2) is 228 Å². The van der Waals surface area contributed by atoms with Crippen LogP contribution in [0.3, 0.4) is 0 Å². The zero-order valence-corrected chi connectivity index (χ0v) is 92.2. The number of aromatic nitrogens is 8. The molecule has 33 nitrogen and oxygen atoms in total. The summed E-state index contributed by atoms with van der Waals surface area (Å²) in [6.45, 7) is 21.4. The molecule has 12 aromatic rings. The van der Waals surface area contributed by atoms with Crippen molar-refractivity contribution in [2.45, 2.75) is 124 Å². The number of esters is 2. The third kappa shape index (κ3) is 28.8. The number of carboxylic acid groups (broad SMARTS) is 1. The monoisotopic (exact) mass is 2140 g/mol. The number of alkyl halides is 1. The van der Waals surface area contributed by atoms with Crippen LogP contribution >= 0.6 is 80.8 Å². The van der Waals surface area contributed by atoms with Crippen LogP contribution in [0, 0.1) is 23.7 Å². The quantitative estimate of drug-likeness (QED) is 0.00841. The topological polar surface area (TPSA) is 423 Å². The summed E-state index contributed by atoms with van der Waals surface area (Å²) in [5.74, 6) is 4.74. The summed E-state index contributed by atoms with van der Waals surface area (Å²) in [6, 6.07) is 27.6. The second-order valence-electron chi connectivity index (χ2n) is 32.1. The van der Waals surface area contributed by atoms with E-state index >= 15 is 0 Å². The number of ether oxygens (including phenoxy) is 9. The van der Waals surface area contributed by atoms with Gasteiger partial charge in [0.2, 0.25) is 0 Å². The molecule has 4 aromatic carbocycles. The molecule has 138 heavy (non-hydrogen) atoms. The average molecular weight is 2140 g/mol. The summed E-state index contributed by atoms with van der Waals surface area (Å²) >= 11 is 29.4. The van der Waals surface area contributed by atoms with Crippen molar-refractivity contribution in [3.05, 3.63) is 158 Å². The summed E-state index contributed by atoms with van der Waals surface area (Å²) in [6.07, 6.45) is 9.98. The fourth-order valence-electron chi connectivity index (χ4n) is 17.1. The van der Waals surface area contributed by atoms with Gasteiger partial charge in [-0.3, -0.25) is 33.6 Å². The number of nitrogens with zero attached hydrogens (tertiary/aromatic N) is 11. The first-order valence-electron chi connectivity index (χ1n) is 44.5. The van der Waals surface area contributed by atoms with Crippen LogP contribution in [0.5, 0.6) is 17.2 Å². The molecule has 42 heteroatoms. The van der Waals surface area contributed by atoms with Crippen LogP contribution in [0.15, 0.2) is 121 Å². The van der Waals surface area contributed by atoms with Gasteiger partial charge in [0.1, 0.15) is 65.5 Å². The molecule has 4 saturated heterocycles. The Morgan fingerprint density at radius 3 is 1.06 bits per heavy atom. The van der Waals surface area contributed by atoms with Gasteiger partial charge in [0.05, 0.1) is 118 Å². The normalized spacial score (nSPS) is 13.8. The van der Waals surface area contributed by atoms with Crippen molar-refractivity contribution in [2.75, 3.05) is 164 Å². The molecule has 12 heterocycles. The number of fused-ring (bicyclic) bond motifs is 8. The zero-order chi connectivity index (χ0) is 94.4. The summed E-state index contributed by atoms with van der Waals surface area (Å²) in [7, 11) is 5.93. The maximum absolute atomic E-state index is 13.4. The molecule has 0 amide bonds. The number of carbonyl (C=O) groups is 3. The van der Waals surface area contributed by atoms with Gasteiger partial charge in [-0.25, -0.2) is 26.2 Å². The Hall–Kier alpha value is -7.00. The van der Waals surface area contributed by atoms with Crippen LogP contribution in [0.4, 0.5) is 23.3 Å². The number of pyridine rings is 8. The molecule has 4 aliphatic rings. The molecule has 0 aliphatic carbocycles. The standard InChI is InChI=1S/C25H30ClN3O5.C24H28ClN3O4S.C23H26ClN3O5.C23H25ClN3O4.CH3I.3Na.3H2O/c1-4-33-21(30)15-29-22-17(6-8-19(26)24(22)34-5-2)23(31)18-7-9-20(27-25(18)29)28(3)14-16-10-12-32-13-11-16;1-3-32-20(29)14-28-21-16(5-7-18(25)23(21)33-4-2)22(30)17-6-8-19(27-24(17)28)26-13-15-9-11-31-12-10-15;1-3-32-22-17(24)6-4-15-20(22)27(13-19(28)29)23-16(21(15)30)5-7-18(25-23)26(2)12-14-8-10-31-11-9-14;1-3-31-22-18(24)6-4-16-20(22)27(10-11-28)23-17(21(16)29)5-7-19(25-23)26(2)14-15-8-12-30-13-9-15;1-2;;;;;;/h6-9,16H,4-5,10-15H2,1-3H3;5-8,15H,3-4,9-14H2,1-2H3,(H,26,27);4-7,14H,3,8-13H2,1-2H3,(H,28,29);4-7,15H,3,8-10,12-14H2,1-2H3;1H3;;;;3*1H2/q;;;-1;;3*+1;;;/p-3. The van der Waals surface area contributed by atoms with E-state index in [9.17, 15) is 43.5 Å². The van der Waals surface area contributed by atoms with Gasteiger partial charge in [-0.1, -0.05) is 82.5 Å². The number of aliphatic carboxylic acids is 1. The zero-order valence-electron chi connectivity index (χ0n) is 80.2. The van der Waals surface area contributed by atoms with Gasteiger partial charge >= 0.3 is 107 Å². The van der Waals surface area contributed by atoms with Crippen molar-refractivity contribution in [3.8, 4) is 17.2 Å². The number of thioether (sulfide) groups is 1. The molecule has 0 unspecified atom stereocenters. The van der Waals surface area contributed by atoms with Gasteiger partial charge in [-0.15, -0.1) is 11.8 Å². The van der Waals surface area contributed by atoms with Crippen LogP contribution in [0.25, 0.3) is 87.7 Å². The van der Waals surface area contributed by atoms with Gasteiger partial charge in [-0.2, -0.15) is 0 Å². The first-order chi connectivity index (χ1) is 63.9. The number of anilines is 4. The van der Waals surface area contributed by atoms with E-state index in [4.69, 9.17) is 109 Å². The van der Waals surface area contributed by atoms with Gasteiger partial charge < -0.3 is 107 Å². The third-order valence-electron chi connectivity index (χ3n) is 23.4. The fourth-order valence-corrected chi connectivity index (χ4v) is 18.9. The van der Waals surface area contributed by atoms with Crippen molar-refractivity contribution >= 4 is 216 Å². The van der Waals surface area contributed by atoms with E-state index in [2.05, 4.69) is 37.7 Å².